The van der Waals surface area contributed by atoms with Gasteiger partial charge in [0.1, 0.15) is 10.6 Å². The molecular weight excluding hydrogens is 452 g/mol. The van der Waals surface area contributed by atoms with Gasteiger partial charge in [-0.2, -0.15) is 4.31 Å². The molecule has 1 amide bonds. The van der Waals surface area contributed by atoms with Crippen molar-refractivity contribution >= 4 is 15.9 Å². The molecule has 0 radical (unpaired) electrons. The molecule has 0 spiro atoms. The summed E-state index contributed by atoms with van der Waals surface area (Å²) in [5.74, 6) is 0.964. The number of amides is 1. The third-order valence-electron chi connectivity index (χ3n) is 6.43. The van der Waals surface area contributed by atoms with Crippen molar-refractivity contribution in [2.75, 3.05) is 32.7 Å². The Hall–Kier alpha value is -2.23. The molecule has 0 bridgehead atoms. The molecule has 1 fully saturated rings. The number of hydrogen-bond acceptors (Lipinski definition) is 6. The fourth-order valence-corrected chi connectivity index (χ4v) is 6.22. The van der Waals surface area contributed by atoms with E-state index in [9.17, 15) is 13.2 Å². The van der Waals surface area contributed by atoms with E-state index >= 15 is 0 Å². The van der Waals surface area contributed by atoms with Crippen molar-refractivity contribution in [1.29, 1.82) is 0 Å². The molecule has 1 aliphatic rings. The summed E-state index contributed by atoms with van der Waals surface area (Å²) in [4.78, 5) is 15.1. The van der Waals surface area contributed by atoms with E-state index in [1.807, 2.05) is 4.90 Å². The number of nitrogens with one attached hydrogen (secondary N) is 1. The highest BCUT2D eigenvalue weighted by molar-refractivity contribution is 7.89. The first-order valence-corrected chi connectivity index (χ1v) is 13.5. The van der Waals surface area contributed by atoms with Gasteiger partial charge in [0, 0.05) is 19.6 Å². The van der Waals surface area contributed by atoms with Crippen LogP contribution in [-0.2, 0) is 14.8 Å². The zero-order chi connectivity index (χ0) is 25.0. The Bertz CT molecular complexity index is 1060. The highest BCUT2D eigenvalue weighted by Crippen LogP contribution is 2.25. The van der Waals surface area contributed by atoms with Crippen LogP contribution in [0.25, 0.3) is 0 Å². The molecule has 34 heavy (non-hydrogen) atoms. The van der Waals surface area contributed by atoms with Crippen LogP contribution in [-0.4, -0.2) is 61.4 Å². The third kappa shape index (κ3) is 6.06. The van der Waals surface area contributed by atoms with E-state index in [2.05, 4.69) is 62.4 Å². The van der Waals surface area contributed by atoms with Gasteiger partial charge in [0.15, 0.2) is 5.76 Å². The molecule has 3 rings (SSSR count). The zero-order valence-electron chi connectivity index (χ0n) is 21.2. The van der Waals surface area contributed by atoms with Gasteiger partial charge in [-0.15, -0.1) is 0 Å². The predicted molar refractivity (Wildman–Crippen MR) is 132 cm³/mol. The Morgan fingerprint density at radius 2 is 1.68 bits per heavy atom. The topological polar surface area (TPSA) is 95.8 Å². The summed E-state index contributed by atoms with van der Waals surface area (Å²) >= 11 is 0. The van der Waals surface area contributed by atoms with Crippen molar-refractivity contribution < 1.29 is 17.7 Å². The van der Waals surface area contributed by atoms with E-state index < -0.39 is 10.0 Å². The lowest BCUT2D eigenvalue weighted by molar-refractivity contribution is -0.123. The number of sulfonamides is 1. The van der Waals surface area contributed by atoms with Gasteiger partial charge < -0.3 is 9.84 Å². The number of carbonyl (C=O) groups excluding carboxylic acids is 1. The molecule has 1 unspecified atom stereocenters. The minimum absolute atomic E-state index is 0.0475. The van der Waals surface area contributed by atoms with Crippen molar-refractivity contribution in [2.24, 2.45) is 5.92 Å². The highest BCUT2D eigenvalue weighted by atomic mass is 32.2. The highest BCUT2D eigenvalue weighted by Gasteiger charge is 2.32. The fraction of sp³-hybridized carbons (Fsp3) is 0.600. The second kappa shape index (κ2) is 11.0. The summed E-state index contributed by atoms with van der Waals surface area (Å²) in [5, 5.41) is 6.99. The molecule has 2 aromatic rings. The average molecular weight is 491 g/mol. The number of aromatic nitrogens is 1. The SMILES string of the molecule is Cc1noc(C)c1S(=O)(=O)N1CCCN(CC(=O)NC(c2ccc(C(C)C)cc2)C(C)C)CC1. The van der Waals surface area contributed by atoms with Gasteiger partial charge in [-0.25, -0.2) is 8.42 Å². The molecule has 1 atom stereocenters. The standard InChI is InChI=1S/C25H38N4O4S/c1-17(2)21-8-10-22(11-9-21)24(18(3)4)26-23(30)16-28-12-7-13-29(15-14-28)34(31,32)25-19(5)27-33-20(25)6/h8-11,17-18,24H,7,12-16H2,1-6H3,(H,26,30). The van der Waals surface area contributed by atoms with Crippen LogP contribution in [0.4, 0.5) is 0 Å². The Balaban J connectivity index is 1.62. The quantitative estimate of drug-likeness (QED) is 0.607. The van der Waals surface area contributed by atoms with Gasteiger partial charge in [0.05, 0.1) is 12.6 Å². The Kier molecular flexibility index (Phi) is 8.54. The van der Waals surface area contributed by atoms with Gasteiger partial charge >= 0.3 is 0 Å². The van der Waals surface area contributed by atoms with Crippen LogP contribution >= 0.6 is 0 Å². The van der Waals surface area contributed by atoms with Crippen molar-refractivity contribution in [2.45, 2.75) is 64.8 Å². The first-order chi connectivity index (χ1) is 16.0. The molecule has 0 saturated carbocycles. The van der Waals surface area contributed by atoms with E-state index in [-0.39, 0.29) is 29.3 Å². The number of rotatable bonds is 8. The lowest BCUT2D eigenvalue weighted by Gasteiger charge is -2.26. The molecule has 9 heteroatoms. The van der Waals surface area contributed by atoms with E-state index in [1.54, 1.807) is 13.8 Å². The van der Waals surface area contributed by atoms with Crippen LogP contribution < -0.4 is 5.32 Å². The van der Waals surface area contributed by atoms with Gasteiger partial charge in [0.2, 0.25) is 15.9 Å². The molecule has 1 aromatic heterocycles. The van der Waals surface area contributed by atoms with E-state index in [0.29, 0.717) is 50.0 Å². The molecule has 188 valence electrons. The summed E-state index contributed by atoms with van der Waals surface area (Å²) in [7, 11) is -3.68. The number of hydrogen-bond donors (Lipinski definition) is 1. The summed E-state index contributed by atoms with van der Waals surface area (Å²) in [6.07, 6.45) is 0.653. The Labute approximate surface area is 203 Å². The maximum atomic E-state index is 13.1. The largest absolute Gasteiger partial charge is 0.360 e. The smallest absolute Gasteiger partial charge is 0.248 e. The molecule has 1 saturated heterocycles. The normalized spacial score (nSPS) is 17.2. The Morgan fingerprint density at radius 3 is 2.24 bits per heavy atom. The minimum atomic E-state index is -3.68. The second-order valence-corrected chi connectivity index (χ2v) is 11.7. The van der Waals surface area contributed by atoms with Crippen molar-refractivity contribution in [3.05, 3.63) is 46.8 Å². The summed E-state index contributed by atoms with van der Waals surface area (Å²) in [5.41, 5.74) is 2.75. The van der Waals surface area contributed by atoms with Crippen molar-refractivity contribution in [1.82, 2.24) is 19.7 Å². The summed E-state index contributed by atoms with van der Waals surface area (Å²) in [6, 6.07) is 8.39. The maximum absolute atomic E-state index is 13.1. The second-order valence-electron chi connectivity index (χ2n) is 9.80. The fourth-order valence-electron chi connectivity index (χ4n) is 4.46. The first kappa shape index (κ1) is 26.4. The molecular formula is C25H38N4O4S. The van der Waals surface area contributed by atoms with Crippen LogP contribution in [0, 0.1) is 19.8 Å². The number of aryl methyl sites for hydroxylation is 2. The third-order valence-corrected chi connectivity index (χ3v) is 8.57. The lowest BCUT2D eigenvalue weighted by Crippen LogP contribution is -2.42. The van der Waals surface area contributed by atoms with Gasteiger partial charge in [-0.1, -0.05) is 57.1 Å². The molecule has 1 aromatic carbocycles. The van der Waals surface area contributed by atoms with E-state index in [0.717, 1.165) is 5.56 Å². The molecule has 0 aliphatic carbocycles. The van der Waals surface area contributed by atoms with Crippen LogP contribution in [0.3, 0.4) is 0 Å². The molecule has 1 aliphatic heterocycles. The molecule has 2 heterocycles. The number of carbonyl (C=O) groups is 1. The summed E-state index contributed by atoms with van der Waals surface area (Å²) < 4.78 is 32.8. The maximum Gasteiger partial charge on any atom is 0.248 e. The Morgan fingerprint density at radius 1 is 1.03 bits per heavy atom. The molecule has 8 nitrogen and oxygen atoms in total. The van der Waals surface area contributed by atoms with Gasteiger partial charge in [0.25, 0.3) is 0 Å². The van der Waals surface area contributed by atoms with Crippen LogP contribution in [0.1, 0.15) is 68.7 Å². The van der Waals surface area contributed by atoms with Crippen molar-refractivity contribution in [3.8, 4) is 0 Å². The zero-order valence-corrected chi connectivity index (χ0v) is 22.0. The van der Waals surface area contributed by atoms with Gasteiger partial charge in [-0.05, 0) is 49.8 Å². The lowest BCUT2D eigenvalue weighted by atomic mass is 9.93. The average Bonchev–Trinajstić information content (AvgIpc) is 2.96. The number of benzene rings is 1. The molecule has 1 N–H and O–H groups in total. The monoisotopic (exact) mass is 490 g/mol. The minimum Gasteiger partial charge on any atom is -0.360 e. The van der Waals surface area contributed by atoms with Crippen LogP contribution in [0.2, 0.25) is 0 Å². The number of nitrogens with zero attached hydrogens (tertiary/aromatic N) is 3. The first-order valence-electron chi connectivity index (χ1n) is 12.0. The van der Waals surface area contributed by atoms with Gasteiger partial charge in [-0.3, -0.25) is 9.69 Å². The van der Waals surface area contributed by atoms with Crippen LogP contribution in [0.5, 0.6) is 0 Å². The van der Waals surface area contributed by atoms with Crippen molar-refractivity contribution in [3.63, 3.8) is 0 Å². The van der Waals surface area contributed by atoms with E-state index in [1.165, 1.54) is 9.87 Å². The summed E-state index contributed by atoms with van der Waals surface area (Å²) in [6.45, 7) is 13.9. The predicted octanol–water partition coefficient (Wildman–Crippen LogP) is 3.62. The van der Waals surface area contributed by atoms with E-state index in [4.69, 9.17) is 4.52 Å². The van der Waals surface area contributed by atoms with Crippen LogP contribution in [0.15, 0.2) is 33.7 Å².